The summed E-state index contributed by atoms with van der Waals surface area (Å²) in [5.41, 5.74) is 0. The third-order valence-electron chi connectivity index (χ3n) is 1.86. The van der Waals surface area contributed by atoms with Crippen LogP contribution in [-0.4, -0.2) is 29.6 Å². The Morgan fingerprint density at radius 2 is 0.684 bits per heavy atom. The molecule has 0 bridgehead atoms. The van der Waals surface area contributed by atoms with E-state index in [2.05, 4.69) is 0 Å². The molecule has 0 aliphatic heterocycles. The lowest BCUT2D eigenvalue weighted by Crippen LogP contribution is -2.66. The first kappa shape index (κ1) is 17.3. The first-order chi connectivity index (χ1) is 8.12. The molecule has 2 nitrogen and oxygen atoms in total. The molecule has 0 spiro atoms. The van der Waals surface area contributed by atoms with Gasteiger partial charge in [-0.2, -0.15) is 54.4 Å². The van der Waals surface area contributed by atoms with E-state index in [0.717, 1.165) is 0 Å². The molecule has 0 aromatic carbocycles. The number of halogens is 10. The van der Waals surface area contributed by atoms with Crippen molar-refractivity contribution in [1.82, 2.24) is 0 Å². The minimum absolute atomic E-state index is 0.695. The first-order valence-corrected chi connectivity index (χ1v) is 3.84. The Morgan fingerprint density at radius 1 is 0.474 bits per heavy atom. The molecule has 0 N–H and O–H groups in total. The molecule has 0 rings (SSSR count). The molecule has 0 aromatic rings. The molecular formula is C7F10N2. The first-order valence-electron chi connectivity index (χ1n) is 3.84. The highest BCUT2D eigenvalue weighted by molar-refractivity contribution is 5.18. The van der Waals surface area contributed by atoms with Crippen LogP contribution in [0.2, 0.25) is 0 Å². The zero-order valence-corrected chi connectivity index (χ0v) is 8.17. The second-order valence-corrected chi connectivity index (χ2v) is 3.10. The van der Waals surface area contributed by atoms with Crippen LogP contribution in [0.15, 0.2) is 0 Å². The summed E-state index contributed by atoms with van der Waals surface area (Å²) in [6.45, 7) is 0. The average Bonchev–Trinajstić information content (AvgIpc) is 2.27. The van der Waals surface area contributed by atoms with Gasteiger partial charge in [-0.15, -0.1) is 0 Å². The molecule has 0 atom stereocenters. The fourth-order valence-electron chi connectivity index (χ4n) is 0.732. The van der Waals surface area contributed by atoms with Crippen molar-refractivity contribution in [1.29, 1.82) is 10.5 Å². The normalized spacial score (nSPS) is 14.7. The van der Waals surface area contributed by atoms with Gasteiger partial charge < -0.3 is 0 Å². The number of nitrogens with zero attached hydrogens (tertiary/aromatic N) is 2. The summed E-state index contributed by atoms with van der Waals surface area (Å²) in [4.78, 5) is 0. The van der Waals surface area contributed by atoms with Gasteiger partial charge in [0, 0.05) is 0 Å². The Labute approximate surface area is 97.4 Å². The van der Waals surface area contributed by atoms with Gasteiger partial charge >= 0.3 is 29.6 Å². The van der Waals surface area contributed by atoms with Crippen LogP contribution >= 0.6 is 0 Å². The molecule has 19 heavy (non-hydrogen) atoms. The quantitative estimate of drug-likeness (QED) is 0.749. The van der Waals surface area contributed by atoms with Crippen molar-refractivity contribution in [2.24, 2.45) is 0 Å². The summed E-state index contributed by atoms with van der Waals surface area (Å²) in [6.07, 6.45) is 0. The lowest BCUT2D eigenvalue weighted by Gasteiger charge is -2.35. The Kier molecular flexibility index (Phi) is 3.77. The Balaban J connectivity index is 6.05. The zero-order chi connectivity index (χ0) is 15.9. The average molecular weight is 302 g/mol. The maximum Gasteiger partial charge on any atom is 0.400 e. The van der Waals surface area contributed by atoms with E-state index in [4.69, 9.17) is 10.5 Å². The van der Waals surface area contributed by atoms with Crippen molar-refractivity contribution in [3.8, 4) is 12.1 Å². The highest BCUT2D eigenvalue weighted by Gasteiger charge is 2.87. The summed E-state index contributed by atoms with van der Waals surface area (Å²) < 4.78 is 124. The van der Waals surface area contributed by atoms with Crippen molar-refractivity contribution in [3.63, 3.8) is 0 Å². The fraction of sp³-hybridized carbons (Fsp3) is 0.714. The van der Waals surface area contributed by atoms with Gasteiger partial charge in [0.25, 0.3) is 0 Å². The van der Waals surface area contributed by atoms with E-state index in [1.807, 2.05) is 0 Å². The van der Waals surface area contributed by atoms with E-state index in [0.29, 0.717) is 0 Å². The third kappa shape index (κ3) is 2.05. The Hall–Kier alpha value is -1.72. The molecule has 0 amide bonds. The summed E-state index contributed by atoms with van der Waals surface area (Å²) in [6, 6.07) is -1.39. The molecule has 0 heterocycles. The second-order valence-electron chi connectivity index (χ2n) is 3.10. The maximum absolute atomic E-state index is 12.6. The molecule has 0 aromatic heterocycles. The van der Waals surface area contributed by atoms with Crippen LogP contribution in [0.1, 0.15) is 0 Å². The van der Waals surface area contributed by atoms with Gasteiger partial charge in [0.1, 0.15) is 12.1 Å². The van der Waals surface area contributed by atoms with Crippen LogP contribution in [0, 0.1) is 22.7 Å². The summed E-state index contributed by atoms with van der Waals surface area (Å²) in [7, 11) is 0. The molecule has 12 heteroatoms. The maximum atomic E-state index is 12.6. The summed E-state index contributed by atoms with van der Waals surface area (Å²) in [5.74, 6) is -34.3. The molecule has 0 aliphatic carbocycles. The van der Waals surface area contributed by atoms with E-state index in [1.165, 1.54) is 0 Å². The van der Waals surface area contributed by atoms with E-state index in [9.17, 15) is 43.9 Å². The largest absolute Gasteiger partial charge is 0.400 e. The minimum Gasteiger partial charge on any atom is -0.192 e. The lowest BCUT2D eigenvalue weighted by atomic mass is 9.95. The smallest absolute Gasteiger partial charge is 0.192 e. The molecule has 0 fully saturated rings. The third-order valence-corrected chi connectivity index (χ3v) is 1.86. The minimum atomic E-state index is -7.35. The predicted molar refractivity (Wildman–Crippen MR) is 36.0 cm³/mol. The fourth-order valence-corrected chi connectivity index (χ4v) is 0.732. The van der Waals surface area contributed by atoms with Crippen molar-refractivity contribution in [2.45, 2.75) is 29.6 Å². The van der Waals surface area contributed by atoms with E-state index < -0.39 is 41.8 Å². The van der Waals surface area contributed by atoms with Crippen molar-refractivity contribution in [3.05, 3.63) is 0 Å². The molecule has 0 aliphatic rings. The standard InChI is InChI=1S/C7F10N2/c8-3(9,1-18)5(12,13)7(16,17)6(14,15)4(10,11)2-19. The topological polar surface area (TPSA) is 47.6 Å². The molecule has 0 radical (unpaired) electrons. The molecular weight excluding hydrogens is 302 g/mol. The van der Waals surface area contributed by atoms with Gasteiger partial charge in [-0.25, -0.2) is 0 Å². The number of hydrogen-bond acceptors (Lipinski definition) is 2. The van der Waals surface area contributed by atoms with E-state index >= 15 is 0 Å². The molecule has 0 unspecified atom stereocenters. The Bertz CT molecular complexity index is 400. The summed E-state index contributed by atoms with van der Waals surface area (Å²) in [5, 5.41) is 15.0. The molecule has 0 saturated heterocycles. The number of nitriles is 2. The zero-order valence-electron chi connectivity index (χ0n) is 8.17. The van der Waals surface area contributed by atoms with Gasteiger partial charge in [0.2, 0.25) is 0 Å². The van der Waals surface area contributed by atoms with E-state index in [1.54, 1.807) is 0 Å². The van der Waals surface area contributed by atoms with Crippen molar-refractivity contribution >= 4 is 0 Å². The van der Waals surface area contributed by atoms with Crippen LogP contribution in [0.5, 0.6) is 0 Å². The van der Waals surface area contributed by atoms with Crippen LogP contribution < -0.4 is 0 Å². The molecule has 0 saturated carbocycles. The molecule has 108 valence electrons. The van der Waals surface area contributed by atoms with Crippen LogP contribution in [0.25, 0.3) is 0 Å². The highest BCUT2D eigenvalue weighted by atomic mass is 19.4. The number of alkyl halides is 10. The highest BCUT2D eigenvalue weighted by Crippen LogP contribution is 2.56. The second kappa shape index (κ2) is 4.15. The van der Waals surface area contributed by atoms with Crippen LogP contribution in [0.3, 0.4) is 0 Å². The van der Waals surface area contributed by atoms with Gasteiger partial charge in [-0.1, -0.05) is 0 Å². The monoisotopic (exact) mass is 302 g/mol. The van der Waals surface area contributed by atoms with Gasteiger partial charge in [-0.05, 0) is 0 Å². The Morgan fingerprint density at radius 3 is 0.842 bits per heavy atom. The van der Waals surface area contributed by atoms with E-state index in [-0.39, 0.29) is 0 Å². The number of rotatable bonds is 4. The SMILES string of the molecule is N#CC(F)(F)C(F)(F)C(F)(F)C(F)(F)C(F)(F)C#N. The van der Waals surface area contributed by atoms with Gasteiger partial charge in [0.05, 0.1) is 0 Å². The van der Waals surface area contributed by atoms with Gasteiger partial charge in [0.15, 0.2) is 0 Å². The summed E-state index contributed by atoms with van der Waals surface area (Å²) >= 11 is 0. The van der Waals surface area contributed by atoms with Gasteiger partial charge in [-0.3, -0.25) is 0 Å². The predicted octanol–water partition coefficient (Wildman–Crippen LogP) is 3.21. The van der Waals surface area contributed by atoms with Crippen molar-refractivity contribution < 1.29 is 43.9 Å². The number of hydrogen-bond donors (Lipinski definition) is 0. The lowest BCUT2D eigenvalue weighted by molar-refractivity contribution is -0.384. The van der Waals surface area contributed by atoms with Crippen LogP contribution in [-0.2, 0) is 0 Å². The van der Waals surface area contributed by atoms with Crippen LogP contribution in [0.4, 0.5) is 43.9 Å². The van der Waals surface area contributed by atoms with Crippen molar-refractivity contribution in [2.75, 3.05) is 0 Å².